The number of aliphatic hydroxyl groups excluding tert-OH is 1. The monoisotopic (exact) mass is 345 g/mol. The standard InChI is InChI=1S/C20H27NO4/c1-14(15-5-3-6-16(12-15)24-2)11-20(23)21-9-10-25-13-18(21)17-7-4-8-19(17)22/h3,5-6,11-12,17-19,22H,4,7-10,13H2,1-2H3/b14-11+. The molecule has 2 aliphatic rings. The molecule has 1 aromatic rings. The SMILES string of the molecule is COc1cccc(/C(C)=C/C(=O)N2CCOCC2C2CCCC2O)c1. The van der Waals surface area contributed by atoms with Crippen molar-refractivity contribution in [2.45, 2.75) is 38.3 Å². The zero-order valence-electron chi connectivity index (χ0n) is 15.0. The molecule has 0 aromatic heterocycles. The van der Waals surface area contributed by atoms with Crippen LogP contribution in [0.1, 0.15) is 31.7 Å². The maximum Gasteiger partial charge on any atom is 0.247 e. The molecule has 0 radical (unpaired) electrons. The molecule has 3 unspecified atom stereocenters. The molecule has 25 heavy (non-hydrogen) atoms. The number of ether oxygens (including phenoxy) is 2. The molecule has 1 aliphatic heterocycles. The first kappa shape index (κ1) is 18.0. The first-order chi connectivity index (χ1) is 12.1. The highest BCUT2D eigenvalue weighted by atomic mass is 16.5. The summed E-state index contributed by atoms with van der Waals surface area (Å²) in [5, 5.41) is 10.2. The summed E-state index contributed by atoms with van der Waals surface area (Å²) in [6.45, 7) is 3.58. The van der Waals surface area contributed by atoms with E-state index in [1.165, 1.54) is 0 Å². The van der Waals surface area contributed by atoms with Crippen molar-refractivity contribution < 1.29 is 19.4 Å². The molecule has 136 valence electrons. The smallest absolute Gasteiger partial charge is 0.247 e. The molecule has 5 nitrogen and oxygen atoms in total. The van der Waals surface area contributed by atoms with Crippen LogP contribution in [0.2, 0.25) is 0 Å². The molecule has 2 fully saturated rings. The van der Waals surface area contributed by atoms with Gasteiger partial charge < -0.3 is 19.5 Å². The number of benzene rings is 1. The van der Waals surface area contributed by atoms with Gasteiger partial charge in [0.15, 0.2) is 0 Å². The van der Waals surface area contributed by atoms with E-state index in [9.17, 15) is 9.90 Å². The Balaban J connectivity index is 1.77. The van der Waals surface area contributed by atoms with Crippen LogP contribution in [0.15, 0.2) is 30.3 Å². The van der Waals surface area contributed by atoms with Crippen molar-refractivity contribution >= 4 is 11.5 Å². The number of aliphatic hydroxyl groups is 1. The number of rotatable bonds is 4. The molecule has 1 aromatic carbocycles. The molecule has 3 rings (SSSR count). The highest BCUT2D eigenvalue weighted by Gasteiger charge is 2.39. The first-order valence-electron chi connectivity index (χ1n) is 8.99. The molecule has 0 spiro atoms. The Labute approximate surface area is 149 Å². The predicted molar refractivity (Wildman–Crippen MR) is 96.3 cm³/mol. The van der Waals surface area contributed by atoms with Crippen molar-refractivity contribution in [3.63, 3.8) is 0 Å². The first-order valence-corrected chi connectivity index (χ1v) is 8.99. The van der Waals surface area contributed by atoms with E-state index in [0.717, 1.165) is 36.1 Å². The fourth-order valence-corrected chi connectivity index (χ4v) is 3.89. The van der Waals surface area contributed by atoms with E-state index in [2.05, 4.69) is 0 Å². The van der Waals surface area contributed by atoms with Gasteiger partial charge >= 0.3 is 0 Å². The summed E-state index contributed by atoms with van der Waals surface area (Å²) in [7, 11) is 1.63. The molecular formula is C20H27NO4. The zero-order chi connectivity index (χ0) is 17.8. The second-order valence-electron chi connectivity index (χ2n) is 6.90. The van der Waals surface area contributed by atoms with Crippen LogP contribution >= 0.6 is 0 Å². The van der Waals surface area contributed by atoms with Crippen molar-refractivity contribution in [3.05, 3.63) is 35.9 Å². The van der Waals surface area contributed by atoms with E-state index in [0.29, 0.717) is 19.8 Å². The van der Waals surface area contributed by atoms with E-state index in [1.807, 2.05) is 36.1 Å². The van der Waals surface area contributed by atoms with Crippen LogP contribution in [-0.2, 0) is 9.53 Å². The van der Waals surface area contributed by atoms with Crippen LogP contribution in [-0.4, -0.2) is 54.9 Å². The Morgan fingerprint density at radius 2 is 2.24 bits per heavy atom. The summed E-state index contributed by atoms with van der Waals surface area (Å²) < 4.78 is 10.9. The number of morpholine rings is 1. The lowest BCUT2D eigenvalue weighted by Crippen LogP contribution is -2.53. The summed E-state index contributed by atoms with van der Waals surface area (Å²) in [5.41, 5.74) is 1.87. The van der Waals surface area contributed by atoms with E-state index in [1.54, 1.807) is 13.2 Å². The lowest BCUT2D eigenvalue weighted by molar-refractivity contribution is -0.138. The van der Waals surface area contributed by atoms with E-state index in [-0.39, 0.29) is 24.0 Å². The van der Waals surface area contributed by atoms with Crippen LogP contribution in [0.25, 0.3) is 5.57 Å². The quantitative estimate of drug-likeness (QED) is 0.852. The summed E-state index contributed by atoms with van der Waals surface area (Å²) in [6.07, 6.45) is 4.15. The molecule has 3 atom stereocenters. The molecule has 1 N–H and O–H groups in total. The summed E-state index contributed by atoms with van der Waals surface area (Å²) >= 11 is 0. The Bertz CT molecular complexity index is 642. The van der Waals surface area contributed by atoms with Gasteiger partial charge in [-0.25, -0.2) is 0 Å². The normalized spacial score (nSPS) is 27.4. The number of allylic oxidation sites excluding steroid dienone is 1. The largest absolute Gasteiger partial charge is 0.497 e. The second-order valence-corrected chi connectivity index (χ2v) is 6.90. The highest BCUT2D eigenvalue weighted by molar-refractivity contribution is 5.95. The Kier molecular flexibility index (Phi) is 5.76. The van der Waals surface area contributed by atoms with Gasteiger partial charge in [0.2, 0.25) is 5.91 Å². The molecular weight excluding hydrogens is 318 g/mol. The zero-order valence-corrected chi connectivity index (χ0v) is 15.0. The maximum absolute atomic E-state index is 12.9. The topological polar surface area (TPSA) is 59.0 Å². The minimum Gasteiger partial charge on any atom is -0.497 e. The van der Waals surface area contributed by atoms with Gasteiger partial charge in [-0.3, -0.25) is 4.79 Å². The number of hydrogen-bond donors (Lipinski definition) is 1. The molecule has 5 heteroatoms. The third-order valence-corrected chi connectivity index (χ3v) is 5.34. The van der Waals surface area contributed by atoms with Crippen molar-refractivity contribution in [2.75, 3.05) is 26.9 Å². The van der Waals surface area contributed by atoms with Gasteiger partial charge in [-0.2, -0.15) is 0 Å². The number of methoxy groups -OCH3 is 1. The minimum absolute atomic E-state index is 0.00674. The highest BCUT2D eigenvalue weighted by Crippen LogP contribution is 2.32. The van der Waals surface area contributed by atoms with Gasteiger partial charge in [0.05, 0.1) is 32.5 Å². The number of hydrogen-bond acceptors (Lipinski definition) is 4. The molecule has 1 amide bonds. The average molecular weight is 345 g/mol. The van der Waals surface area contributed by atoms with Gasteiger partial charge in [0.1, 0.15) is 5.75 Å². The van der Waals surface area contributed by atoms with Crippen molar-refractivity contribution in [3.8, 4) is 5.75 Å². The van der Waals surface area contributed by atoms with Gasteiger partial charge in [-0.15, -0.1) is 0 Å². The van der Waals surface area contributed by atoms with Gasteiger partial charge in [-0.05, 0) is 43.0 Å². The molecule has 1 heterocycles. The maximum atomic E-state index is 12.9. The number of amides is 1. The van der Waals surface area contributed by atoms with Gasteiger partial charge in [-0.1, -0.05) is 18.6 Å². The summed E-state index contributed by atoms with van der Waals surface area (Å²) in [4.78, 5) is 14.8. The average Bonchev–Trinajstić information content (AvgIpc) is 3.07. The number of carbonyl (C=O) groups excluding carboxylic acids is 1. The predicted octanol–water partition coefficient (Wildman–Crippen LogP) is 2.49. The third-order valence-electron chi connectivity index (χ3n) is 5.34. The lowest BCUT2D eigenvalue weighted by atomic mass is 9.94. The van der Waals surface area contributed by atoms with E-state index >= 15 is 0 Å². The van der Waals surface area contributed by atoms with Crippen LogP contribution in [0, 0.1) is 5.92 Å². The summed E-state index contributed by atoms with van der Waals surface area (Å²) in [5.74, 6) is 0.888. The van der Waals surface area contributed by atoms with Crippen molar-refractivity contribution in [2.24, 2.45) is 5.92 Å². The van der Waals surface area contributed by atoms with Crippen LogP contribution in [0.5, 0.6) is 5.75 Å². The molecule has 0 bridgehead atoms. The minimum atomic E-state index is -0.328. The third kappa shape index (κ3) is 4.05. The molecule has 1 aliphatic carbocycles. The molecule has 1 saturated carbocycles. The number of carbonyl (C=O) groups is 1. The Hall–Kier alpha value is -1.85. The van der Waals surface area contributed by atoms with Crippen molar-refractivity contribution in [1.29, 1.82) is 0 Å². The molecule has 1 saturated heterocycles. The van der Waals surface area contributed by atoms with Gasteiger partial charge in [0, 0.05) is 18.5 Å². The van der Waals surface area contributed by atoms with Crippen LogP contribution < -0.4 is 4.74 Å². The fourth-order valence-electron chi connectivity index (χ4n) is 3.89. The van der Waals surface area contributed by atoms with Crippen LogP contribution in [0.4, 0.5) is 0 Å². The summed E-state index contributed by atoms with van der Waals surface area (Å²) in [6, 6.07) is 7.67. The Morgan fingerprint density at radius 1 is 1.40 bits per heavy atom. The van der Waals surface area contributed by atoms with Gasteiger partial charge in [0.25, 0.3) is 0 Å². The van der Waals surface area contributed by atoms with Crippen molar-refractivity contribution in [1.82, 2.24) is 4.90 Å². The van der Waals surface area contributed by atoms with Crippen LogP contribution in [0.3, 0.4) is 0 Å². The second kappa shape index (κ2) is 8.02. The van der Waals surface area contributed by atoms with E-state index < -0.39 is 0 Å². The number of nitrogens with zero attached hydrogens (tertiary/aromatic N) is 1. The fraction of sp³-hybridized carbons (Fsp3) is 0.550. The Morgan fingerprint density at radius 3 is 2.96 bits per heavy atom. The van der Waals surface area contributed by atoms with E-state index in [4.69, 9.17) is 9.47 Å². The lowest BCUT2D eigenvalue weighted by Gasteiger charge is -2.39.